The molecule has 5 heteroatoms. The highest BCUT2D eigenvalue weighted by Gasteiger charge is 2.29. The van der Waals surface area contributed by atoms with Crippen LogP contribution < -0.4 is 11.1 Å². The van der Waals surface area contributed by atoms with Crippen molar-refractivity contribution in [3.63, 3.8) is 0 Å². The third-order valence-electron chi connectivity index (χ3n) is 4.15. The lowest BCUT2D eigenvalue weighted by atomic mass is 9.84. The summed E-state index contributed by atoms with van der Waals surface area (Å²) in [6.45, 7) is 4.94. The van der Waals surface area contributed by atoms with Gasteiger partial charge in [0.25, 0.3) is 0 Å². The Bertz CT molecular complexity index is 493. The van der Waals surface area contributed by atoms with Gasteiger partial charge in [0.15, 0.2) is 0 Å². The van der Waals surface area contributed by atoms with Crippen molar-refractivity contribution in [1.82, 2.24) is 5.32 Å². The summed E-state index contributed by atoms with van der Waals surface area (Å²) in [4.78, 5) is 12.2. The van der Waals surface area contributed by atoms with Crippen LogP contribution in [0.25, 0.3) is 0 Å². The van der Waals surface area contributed by atoms with Gasteiger partial charge in [-0.15, -0.1) is 12.4 Å². The molecule has 0 radical (unpaired) electrons. The summed E-state index contributed by atoms with van der Waals surface area (Å²) in [6.07, 6.45) is 2.71. The number of halogens is 2. The predicted octanol–water partition coefficient (Wildman–Crippen LogP) is 3.39. The predicted molar refractivity (Wildman–Crippen MR) is 92.7 cm³/mol. The highest BCUT2D eigenvalue weighted by atomic mass is 79.9. The molecule has 1 aromatic rings. The topological polar surface area (TPSA) is 55.1 Å². The van der Waals surface area contributed by atoms with Gasteiger partial charge in [-0.25, -0.2) is 0 Å². The fraction of sp³-hybridized carbons (Fsp3) is 0.562. The lowest BCUT2D eigenvalue weighted by Crippen LogP contribution is -2.39. The first-order valence-corrected chi connectivity index (χ1v) is 7.97. The third kappa shape index (κ3) is 4.97. The average molecular weight is 376 g/mol. The Kier molecular flexibility index (Phi) is 6.70. The fourth-order valence-electron chi connectivity index (χ4n) is 2.72. The molecule has 0 heterocycles. The Hall–Kier alpha value is -0.580. The minimum absolute atomic E-state index is 0. The smallest absolute Gasteiger partial charge is 0.223 e. The molecular weight excluding hydrogens is 352 g/mol. The van der Waals surface area contributed by atoms with E-state index in [9.17, 15) is 4.79 Å². The van der Waals surface area contributed by atoms with Crippen LogP contribution in [-0.2, 0) is 10.2 Å². The largest absolute Gasteiger partial charge is 0.355 e. The van der Waals surface area contributed by atoms with Gasteiger partial charge in [-0.05, 0) is 37.0 Å². The van der Waals surface area contributed by atoms with Crippen molar-refractivity contribution in [2.75, 3.05) is 6.54 Å². The first-order chi connectivity index (χ1) is 9.38. The van der Waals surface area contributed by atoms with Crippen molar-refractivity contribution in [3.8, 4) is 0 Å². The number of rotatable bonds is 4. The number of hydrogen-bond donors (Lipinski definition) is 2. The van der Waals surface area contributed by atoms with Crippen LogP contribution in [0.1, 0.15) is 38.7 Å². The van der Waals surface area contributed by atoms with Crippen molar-refractivity contribution < 1.29 is 4.79 Å². The molecule has 2 atom stereocenters. The van der Waals surface area contributed by atoms with E-state index in [4.69, 9.17) is 5.73 Å². The summed E-state index contributed by atoms with van der Waals surface area (Å²) in [7, 11) is 0. The zero-order valence-corrected chi connectivity index (χ0v) is 15.0. The Morgan fingerprint density at radius 3 is 2.71 bits per heavy atom. The van der Waals surface area contributed by atoms with Crippen LogP contribution in [0, 0.1) is 5.92 Å². The van der Waals surface area contributed by atoms with Gasteiger partial charge in [-0.1, -0.05) is 41.9 Å². The Labute approximate surface area is 141 Å². The molecule has 0 aromatic heterocycles. The first kappa shape index (κ1) is 18.5. The molecule has 3 nitrogen and oxygen atoms in total. The van der Waals surface area contributed by atoms with E-state index < -0.39 is 0 Å². The van der Waals surface area contributed by atoms with E-state index in [1.807, 2.05) is 12.1 Å². The number of hydrogen-bond acceptors (Lipinski definition) is 2. The van der Waals surface area contributed by atoms with Gasteiger partial charge in [-0.2, -0.15) is 0 Å². The van der Waals surface area contributed by atoms with Crippen molar-refractivity contribution in [2.24, 2.45) is 11.7 Å². The molecule has 118 valence electrons. The van der Waals surface area contributed by atoms with Crippen molar-refractivity contribution in [1.29, 1.82) is 0 Å². The number of nitrogens with two attached hydrogens (primary N) is 1. The molecular formula is C16H24BrClN2O. The van der Waals surface area contributed by atoms with Gasteiger partial charge in [0.1, 0.15) is 0 Å². The monoisotopic (exact) mass is 374 g/mol. The van der Waals surface area contributed by atoms with E-state index >= 15 is 0 Å². The molecule has 1 amide bonds. The second-order valence-electron chi connectivity index (χ2n) is 6.38. The summed E-state index contributed by atoms with van der Waals surface area (Å²) >= 11 is 3.49. The number of nitrogens with one attached hydrogen (secondary N) is 1. The Morgan fingerprint density at radius 2 is 2.14 bits per heavy atom. The Morgan fingerprint density at radius 1 is 1.43 bits per heavy atom. The molecule has 1 aliphatic carbocycles. The van der Waals surface area contributed by atoms with Crippen LogP contribution >= 0.6 is 28.3 Å². The summed E-state index contributed by atoms with van der Waals surface area (Å²) in [5.74, 6) is 0.254. The summed E-state index contributed by atoms with van der Waals surface area (Å²) in [5, 5.41) is 3.09. The van der Waals surface area contributed by atoms with Gasteiger partial charge in [0.2, 0.25) is 5.91 Å². The van der Waals surface area contributed by atoms with Gasteiger partial charge >= 0.3 is 0 Å². The zero-order valence-electron chi connectivity index (χ0n) is 12.6. The molecule has 2 unspecified atom stereocenters. The molecule has 0 saturated heterocycles. The molecule has 0 bridgehead atoms. The lowest BCUT2D eigenvalue weighted by molar-refractivity contribution is -0.125. The molecule has 1 saturated carbocycles. The number of amides is 1. The lowest BCUT2D eigenvalue weighted by Gasteiger charge is -2.26. The normalized spacial score (nSPS) is 21.7. The molecule has 1 fully saturated rings. The molecule has 1 aliphatic rings. The second-order valence-corrected chi connectivity index (χ2v) is 7.30. The standard InChI is InChI=1S/C16H23BrN2O.ClH/c1-16(2,12-4-3-5-13(17)9-12)10-19-15(20)11-6-7-14(18)8-11;/h3-5,9,11,14H,6-8,10,18H2,1-2H3,(H,19,20);1H. The van der Waals surface area contributed by atoms with E-state index in [-0.39, 0.29) is 35.7 Å². The summed E-state index contributed by atoms with van der Waals surface area (Å²) in [5.41, 5.74) is 7.00. The Balaban J connectivity index is 0.00000220. The number of carbonyl (C=O) groups excluding carboxylic acids is 1. The molecule has 1 aromatic carbocycles. The van der Waals surface area contributed by atoms with Crippen molar-refractivity contribution in [2.45, 2.75) is 44.6 Å². The van der Waals surface area contributed by atoms with Crippen molar-refractivity contribution >= 4 is 34.2 Å². The molecule has 0 spiro atoms. The average Bonchev–Trinajstić information content (AvgIpc) is 2.83. The van der Waals surface area contributed by atoms with Crippen molar-refractivity contribution in [3.05, 3.63) is 34.3 Å². The minimum Gasteiger partial charge on any atom is -0.355 e. The summed E-state index contributed by atoms with van der Waals surface area (Å²) in [6, 6.07) is 8.45. The van der Waals surface area contributed by atoms with E-state index in [0.717, 1.165) is 23.7 Å². The highest BCUT2D eigenvalue weighted by Crippen LogP contribution is 2.27. The van der Waals surface area contributed by atoms with Crippen LogP contribution in [0.2, 0.25) is 0 Å². The van der Waals surface area contributed by atoms with E-state index in [2.05, 4.69) is 47.2 Å². The maximum Gasteiger partial charge on any atom is 0.223 e. The van der Waals surface area contributed by atoms with Crippen LogP contribution in [0.15, 0.2) is 28.7 Å². The SMILES string of the molecule is CC(C)(CNC(=O)C1CCC(N)C1)c1cccc(Br)c1.Cl. The maximum atomic E-state index is 12.2. The van der Waals surface area contributed by atoms with Gasteiger partial charge in [0.05, 0.1) is 0 Å². The summed E-state index contributed by atoms with van der Waals surface area (Å²) < 4.78 is 1.07. The maximum absolute atomic E-state index is 12.2. The number of benzene rings is 1. The molecule has 0 aliphatic heterocycles. The molecule has 3 N–H and O–H groups in total. The van der Waals surface area contributed by atoms with Crippen LogP contribution in [0.5, 0.6) is 0 Å². The zero-order chi connectivity index (χ0) is 14.8. The van der Waals surface area contributed by atoms with Crippen LogP contribution in [0.4, 0.5) is 0 Å². The second kappa shape index (κ2) is 7.61. The number of carbonyl (C=O) groups is 1. The fourth-order valence-corrected chi connectivity index (χ4v) is 3.12. The van der Waals surface area contributed by atoms with Crippen LogP contribution in [0.3, 0.4) is 0 Å². The van der Waals surface area contributed by atoms with Gasteiger partial charge < -0.3 is 11.1 Å². The van der Waals surface area contributed by atoms with Gasteiger partial charge in [0, 0.05) is 28.4 Å². The molecule has 2 rings (SSSR count). The van der Waals surface area contributed by atoms with Gasteiger partial charge in [-0.3, -0.25) is 4.79 Å². The quantitative estimate of drug-likeness (QED) is 0.847. The van der Waals surface area contributed by atoms with E-state index in [1.54, 1.807) is 0 Å². The minimum atomic E-state index is -0.0832. The van der Waals surface area contributed by atoms with E-state index in [1.165, 1.54) is 5.56 Å². The molecule has 21 heavy (non-hydrogen) atoms. The van der Waals surface area contributed by atoms with E-state index in [0.29, 0.717) is 6.54 Å². The van der Waals surface area contributed by atoms with Crippen LogP contribution in [-0.4, -0.2) is 18.5 Å². The first-order valence-electron chi connectivity index (χ1n) is 7.18. The third-order valence-corrected chi connectivity index (χ3v) is 4.65. The highest BCUT2D eigenvalue weighted by molar-refractivity contribution is 9.10.